The molecule has 0 aliphatic heterocycles. The van der Waals surface area contributed by atoms with Crippen molar-refractivity contribution in [2.45, 2.75) is 33.2 Å². The van der Waals surface area contributed by atoms with E-state index >= 15 is 0 Å². The van der Waals surface area contributed by atoms with E-state index in [4.69, 9.17) is 5.73 Å². The van der Waals surface area contributed by atoms with E-state index in [1.807, 2.05) is 18.2 Å². The van der Waals surface area contributed by atoms with Crippen LogP contribution in [0.15, 0.2) is 24.3 Å². The van der Waals surface area contributed by atoms with Crippen LogP contribution in [0.1, 0.15) is 32.3 Å². The van der Waals surface area contributed by atoms with Gasteiger partial charge in [0.1, 0.15) is 9.84 Å². The molecule has 0 aromatic heterocycles. The summed E-state index contributed by atoms with van der Waals surface area (Å²) in [6.07, 6.45) is 1.75. The van der Waals surface area contributed by atoms with Gasteiger partial charge in [-0.15, -0.1) is 0 Å². The van der Waals surface area contributed by atoms with E-state index in [1.165, 1.54) is 5.56 Å². The molecule has 114 valence electrons. The van der Waals surface area contributed by atoms with Gasteiger partial charge < -0.3 is 5.73 Å². The maximum atomic E-state index is 11.5. The van der Waals surface area contributed by atoms with Gasteiger partial charge in [0.15, 0.2) is 0 Å². The molecule has 20 heavy (non-hydrogen) atoms. The molecule has 0 amide bonds. The van der Waals surface area contributed by atoms with Crippen molar-refractivity contribution in [1.82, 2.24) is 4.90 Å². The Balaban J connectivity index is 2.52. The lowest BCUT2D eigenvalue weighted by molar-refractivity contribution is 0.267. The highest BCUT2D eigenvalue weighted by molar-refractivity contribution is 7.91. The van der Waals surface area contributed by atoms with Crippen LogP contribution in [0.4, 0.5) is 5.69 Å². The van der Waals surface area contributed by atoms with Crippen LogP contribution in [0.5, 0.6) is 0 Å². The fraction of sp³-hybridized carbons (Fsp3) is 0.600. The normalized spacial score (nSPS) is 11.9. The number of rotatable bonds is 9. The summed E-state index contributed by atoms with van der Waals surface area (Å²) in [4.78, 5) is 2.29. The first-order chi connectivity index (χ1) is 9.46. The van der Waals surface area contributed by atoms with Crippen molar-refractivity contribution >= 4 is 15.5 Å². The summed E-state index contributed by atoms with van der Waals surface area (Å²) in [6, 6.07) is 7.87. The summed E-state index contributed by atoms with van der Waals surface area (Å²) in [5.74, 6) is 0.511. The van der Waals surface area contributed by atoms with E-state index in [9.17, 15) is 8.42 Å². The van der Waals surface area contributed by atoms with Gasteiger partial charge in [-0.05, 0) is 43.6 Å². The lowest BCUT2D eigenvalue weighted by Gasteiger charge is -2.21. The molecule has 0 saturated carbocycles. The van der Waals surface area contributed by atoms with Gasteiger partial charge in [-0.2, -0.15) is 0 Å². The molecule has 0 radical (unpaired) electrons. The zero-order valence-corrected chi connectivity index (χ0v) is 13.3. The molecular formula is C15H26N2O2S. The second-order valence-corrected chi connectivity index (χ2v) is 7.58. The first-order valence-electron chi connectivity index (χ1n) is 7.24. The standard InChI is InChI=1S/C15H26N2O2S/c1-3-9-17(10-6-11-20(18,19)4-2)13-14-7-5-8-15(16)12-14/h5,7-8,12H,3-4,6,9-11,13,16H2,1-2H3. The third-order valence-electron chi connectivity index (χ3n) is 3.27. The Morgan fingerprint density at radius 1 is 1.20 bits per heavy atom. The molecular weight excluding hydrogens is 272 g/mol. The van der Waals surface area contributed by atoms with Gasteiger partial charge >= 0.3 is 0 Å². The predicted octanol–water partition coefficient (Wildman–Crippen LogP) is 2.31. The Labute approximate surface area is 122 Å². The molecule has 5 heteroatoms. The van der Waals surface area contributed by atoms with Gasteiger partial charge in [-0.3, -0.25) is 4.90 Å². The van der Waals surface area contributed by atoms with Crippen LogP contribution in [0, 0.1) is 0 Å². The van der Waals surface area contributed by atoms with Gasteiger partial charge in [0.25, 0.3) is 0 Å². The monoisotopic (exact) mass is 298 g/mol. The first-order valence-corrected chi connectivity index (χ1v) is 9.06. The van der Waals surface area contributed by atoms with E-state index in [2.05, 4.69) is 17.9 Å². The van der Waals surface area contributed by atoms with E-state index in [1.54, 1.807) is 6.92 Å². The second-order valence-electron chi connectivity index (χ2n) is 5.11. The first kappa shape index (κ1) is 17.0. The van der Waals surface area contributed by atoms with E-state index in [-0.39, 0.29) is 11.5 Å². The van der Waals surface area contributed by atoms with Gasteiger partial charge in [0.2, 0.25) is 0 Å². The molecule has 0 aliphatic rings. The Morgan fingerprint density at radius 2 is 1.95 bits per heavy atom. The molecule has 0 atom stereocenters. The van der Waals surface area contributed by atoms with Crippen molar-refractivity contribution in [2.75, 3.05) is 30.3 Å². The topological polar surface area (TPSA) is 63.4 Å². The number of nitrogens with two attached hydrogens (primary N) is 1. The summed E-state index contributed by atoms with van der Waals surface area (Å²) in [5, 5.41) is 0. The number of sulfone groups is 1. The number of benzene rings is 1. The smallest absolute Gasteiger partial charge is 0.150 e. The van der Waals surface area contributed by atoms with Crippen molar-refractivity contribution in [3.63, 3.8) is 0 Å². The van der Waals surface area contributed by atoms with Crippen LogP contribution in [-0.2, 0) is 16.4 Å². The Hall–Kier alpha value is -1.07. The van der Waals surface area contributed by atoms with Crippen molar-refractivity contribution in [3.05, 3.63) is 29.8 Å². The van der Waals surface area contributed by atoms with Gasteiger partial charge in [-0.1, -0.05) is 26.0 Å². The molecule has 0 fully saturated rings. The van der Waals surface area contributed by atoms with Crippen molar-refractivity contribution in [3.8, 4) is 0 Å². The lowest BCUT2D eigenvalue weighted by Crippen LogP contribution is -2.27. The molecule has 1 rings (SSSR count). The van der Waals surface area contributed by atoms with E-state index in [0.29, 0.717) is 6.42 Å². The zero-order chi connectivity index (χ0) is 15.0. The van der Waals surface area contributed by atoms with Crippen molar-refractivity contribution in [2.24, 2.45) is 0 Å². The fourth-order valence-electron chi connectivity index (χ4n) is 2.19. The van der Waals surface area contributed by atoms with Crippen LogP contribution in [-0.4, -0.2) is 37.9 Å². The molecule has 0 bridgehead atoms. The quantitative estimate of drug-likeness (QED) is 0.711. The minimum atomic E-state index is -2.86. The molecule has 0 spiro atoms. The highest BCUT2D eigenvalue weighted by Crippen LogP contribution is 2.10. The van der Waals surface area contributed by atoms with Crippen LogP contribution >= 0.6 is 0 Å². The minimum Gasteiger partial charge on any atom is -0.399 e. The highest BCUT2D eigenvalue weighted by atomic mass is 32.2. The van der Waals surface area contributed by atoms with Crippen LogP contribution in [0.3, 0.4) is 0 Å². The molecule has 1 aromatic carbocycles. The zero-order valence-electron chi connectivity index (χ0n) is 12.5. The summed E-state index contributed by atoms with van der Waals surface area (Å²) in [6.45, 7) is 6.44. The fourth-order valence-corrected chi connectivity index (χ4v) is 3.05. The van der Waals surface area contributed by atoms with Gasteiger partial charge in [0, 0.05) is 18.0 Å². The number of hydrogen-bond acceptors (Lipinski definition) is 4. The molecule has 1 aromatic rings. The Morgan fingerprint density at radius 3 is 2.55 bits per heavy atom. The minimum absolute atomic E-state index is 0.232. The third-order valence-corrected chi connectivity index (χ3v) is 5.06. The van der Waals surface area contributed by atoms with Crippen LogP contribution < -0.4 is 5.73 Å². The lowest BCUT2D eigenvalue weighted by atomic mass is 10.2. The van der Waals surface area contributed by atoms with E-state index in [0.717, 1.165) is 31.7 Å². The largest absolute Gasteiger partial charge is 0.399 e. The average molecular weight is 298 g/mol. The highest BCUT2D eigenvalue weighted by Gasteiger charge is 2.10. The van der Waals surface area contributed by atoms with Crippen LogP contribution in [0.25, 0.3) is 0 Å². The summed E-state index contributed by atoms with van der Waals surface area (Å²) in [7, 11) is -2.86. The second kappa shape index (κ2) is 8.27. The SMILES string of the molecule is CCCN(CCCS(=O)(=O)CC)Cc1cccc(N)c1. The summed E-state index contributed by atoms with van der Waals surface area (Å²) < 4.78 is 23.0. The number of nitrogen functional groups attached to an aromatic ring is 1. The van der Waals surface area contributed by atoms with Crippen molar-refractivity contribution < 1.29 is 8.42 Å². The number of nitrogens with zero attached hydrogens (tertiary/aromatic N) is 1. The van der Waals surface area contributed by atoms with Crippen LogP contribution in [0.2, 0.25) is 0 Å². The maximum Gasteiger partial charge on any atom is 0.150 e. The molecule has 0 unspecified atom stereocenters. The third kappa shape index (κ3) is 6.39. The number of anilines is 1. The molecule has 4 nitrogen and oxygen atoms in total. The summed E-state index contributed by atoms with van der Waals surface area (Å²) in [5.41, 5.74) is 7.73. The summed E-state index contributed by atoms with van der Waals surface area (Å²) >= 11 is 0. The molecule has 0 aliphatic carbocycles. The number of hydrogen-bond donors (Lipinski definition) is 1. The van der Waals surface area contributed by atoms with Gasteiger partial charge in [0.05, 0.1) is 5.75 Å². The Kier molecular flexibility index (Phi) is 7.02. The van der Waals surface area contributed by atoms with E-state index < -0.39 is 9.84 Å². The van der Waals surface area contributed by atoms with Crippen molar-refractivity contribution in [1.29, 1.82) is 0 Å². The molecule has 0 saturated heterocycles. The maximum absolute atomic E-state index is 11.5. The Bertz CT molecular complexity index is 500. The molecule has 2 N–H and O–H groups in total. The molecule has 0 heterocycles. The predicted molar refractivity (Wildman–Crippen MR) is 85.4 cm³/mol. The average Bonchev–Trinajstić information content (AvgIpc) is 2.39. The van der Waals surface area contributed by atoms with Gasteiger partial charge in [-0.25, -0.2) is 8.42 Å².